The van der Waals surface area contributed by atoms with Crippen LogP contribution in [-0.4, -0.2) is 29.1 Å². The van der Waals surface area contributed by atoms with E-state index in [-0.39, 0.29) is 0 Å². The summed E-state index contributed by atoms with van der Waals surface area (Å²) in [4.78, 5) is 5.35. The van der Waals surface area contributed by atoms with Crippen molar-refractivity contribution in [2.45, 2.75) is 213 Å². The molecule has 2 nitrogen and oxygen atoms in total. The lowest BCUT2D eigenvalue weighted by atomic mass is 10.0. The van der Waals surface area contributed by atoms with E-state index in [1.807, 2.05) is 0 Å². The van der Waals surface area contributed by atoms with Gasteiger partial charge < -0.3 is 9.80 Å². The molecule has 1 unspecified atom stereocenters. The molecule has 0 radical (unpaired) electrons. The fraction of sp³-hybridized carbons (Fsp3) is 0.946. The Morgan fingerprint density at radius 2 is 0.590 bits per heavy atom. The third kappa shape index (κ3) is 21.7. The molecule has 0 fully saturated rings. The molecule has 39 heavy (non-hydrogen) atoms. The molecule has 0 aromatic carbocycles. The summed E-state index contributed by atoms with van der Waals surface area (Å²) in [6.45, 7) is 9.48. The molecule has 2 heteroatoms. The van der Waals surface area contributed by atoms with Gasteiger partial charge in [0.05, 0.1) is 0 Å². The average Bonchev–Trinajstić information content (AvgIpc) is 3.33. The summed E-state index contributed by atoms with van der Waals surface area (Å²) in [6, 6.07) is 0. The number of unbranched alkanes of at least 4 members (excludes halogenated alkanes) is 25. The Morgan fingerprint density at radius 3 is 0.872 bits per heavy atom. The van der Waals surface area contributed by atoms with Gasteiger partial charge in [-0.05, 0) is 25.7 Å². The van der Waals surface area contributed by atoms with Crippen LogP contribution in [-0.2, 0) is 0 Å². The molecule has 1 aliphatic heterocycles. The van der Waals surface area contributed by atoms with Gasteiger partial charge in [-0.1, -0.05) is 181 Å². The molecule has 0 spiro atoms. The minimum Gasteiger partial charge on any atom is -0.356 e. The quantitative estimate of drug-likeness (QED) is 0.0798. The van der Waals surface area contributed by atoms with Crippen molar-refractivity contribution in [1.82, 2.24) is 9.80 Å². The zero-order chi connectivity index (χ0) is 28.1. The summed E-state index contributed by atoms with van der Waals surface area (Å²) in [5.74, 6) is 0. The van der Waals surface area contributed by atoms with Gasteiger partial charge in [-0.15, -0.1) is 0 Å². The first-order valence-electron chi connectivity index (χ1n) is 18.5. The third-order valence-electron chi connectivity index (χ3n) is 9.07. The van der Waals surface area contributed by atoms with E-state index in [9.17, 15) is 0 Å². The summed E-state index contributed by atoms with van der Waals surface area (Å²) in [6.07, 6.45) is 47.0. The van der Waals surface area contributed by atoms with Crippen LogP contribution in [0.5, 0.6) is 0 Å². The van der Waals surface area contributed by atoms with Crippen molar-refractivity contribution in [2.24, 2.45) is 0 Å². The van der Waals surface area contributed by atoms with E-state index < -0.39 is 0 Å². The highest BCUT2D eigenvalue weighted by Gasteiger charge is 2.24. The summed E-state index contributed by atoms with van der Waals surface area (Å²) in [5.41, 5.74) is 0. The molecular weight excluding hydrogens is 472 g/mol. The van der Waals surface area contributed by atoms with E-state index in [2.05, 4.69) is 43.0 Å². The number of hydrogen-bond acceptors (Lipinski definition) is 2. The van der Waals surface area contributed by atoms with E-state index in [1.54, 1.807) is 0 Å². The Kier molecular flexibility index (Phi) is 26.9. The molecule has 232 valence electrons. The largest absolute Gasteiger partial charge is 0.356 e. The molecule has 0 aromatic rings. The fourth-order valence-corrected chi connectivity index (χ4v) is 6.35. The minimum absolute atomic E-state index is 0.639. The number of rotatable bonds is 31. The van der Waals surface area contributed by atoms with E-state index in [4.69, 9.17) is 0 Å². The zero-order valence-corrected chi connectivity index (χ0v) is 27.5. The highest BCUT2D eigenvalue weighted by molar-refractivity contribution is 4.96. The van der Waals surface area contributed by atoms with Crippen molar-refractivity contribution in [3.05, 3.63) is 12.4 Å². The summed E-state index contributed by atoms with van der Waals surface area (Å²) < 4.78 is 0. The molecule has 1 aliphatic rings. The SMILES string of the molecule is CCCCCCCCCCCCCCCCN1C=CN(CCCCCCCCCCCCCC)C1CCCC. The Hall–Kier alpha value is -0.660. The normalized spacial score (nSPS) is 15.2. The smallest absolute Gasteiger partial charge is 0.101 e. The molecular formula is C37H74N2. The Bertz CT molecular complexity index is 502. The second kappa shape index (κ2) is 28.9. The summed E-state index contributed by atoms with van der Waals surface area (Å²) in [5, 5.41) is 0. The molecule has 0 N–H and O–H groups in total. The highest BCUT2D eigenvalue weighted by Crippen LogP contribution is 2.23. The maximum Gasteiger partial charge on any atom is 0.101 e. The van der Waals surface area contributed by atoms with E-state index in [1.165, 1.54) is 199 Å². The van der Waals surface area contributed by atoms with Crippen LogP contribution < -0.4 is 0 Å². The lowest BCUT2D eigenvalue weighted by Crippen LogP contribution is -2.39. The van der Waals surface area contributed by atoms with Crippen LogP contribution in [0.15, 0.2) is 12.4 Å². The van der Waals surface area contributed by atoms with E-state index in [0.29, 0.717) is 6.17 Å². The van der Waals surface area contributed by atoms with Crippen molar-refractivity contribution < 1.29 is 0 Å². The Morgan fingerprint density at radius 1 is 0.333 bits per heavy atom. The van der Waals surface area contributed by atoms with Gasteiger partial charge in [0.1, 0.15) is 6.17 Å². The van der Waals surface area contributed by atoms with Gasteiger partial charge in [-0.3, -0.25) is 0 Å². The molecule has 0 saturated carbocycles. The van der Waals surface area contributed by atoms with Crippen LogP contribution in [0.4, 0.5) is 0 Å². The van der Waals surface area contributed by atoms with Gasteiger partial charge in [0.25, 0.3) is 0 Å². The minimum atomic E-state index is 0.639. The van der Waals surface area contributed by atoms with Gasteiger partial charge in [-0.2, -0.15) is 0 Å². The van der Waals surface area contributed by atoms with Crippen LogP contribution in [0.25, 0.3) is 0 Å². The first-order chi connectivity index (χ1) is 19.3. The highest BCUT2D eigenvalue weighted by atomic mass is 15.4. The topological polar surface area (TPSA) is 6.48 Å². The molecule has 0 aliphatic carbocycles. The van der Waals surface area contributed by atoms with Gasteiger partial charge in [0.2, 0.25) is 0 Å². The monoisotopic (exact) mass is 547 g/mol. The van der Waals surface area contributed by atoms with Gasteiger partial charge in [0, 0.05) is 25.5 Å². The molecule has 1 atom stereocenters. The van der Waals surface area contributed by atoms with E-state index in [0.717, 1.165) is 0 Å². The third-order valence-corrected chi connectivity index (χ3v) is 9.07. The first kappa shape index (κ1) is 36.4. The van der Waals surface area contributed by atoms with E-state index >= 15 is 0 Å². The first-order valence-corrected chi connectivity index (χ1v) is 18.5. The molecule has 0 amide bonds. The van der Waals surface area contributed by atoms with Crippen LogP contribution in [0, 0.1) is 0 Å². The fourth-order valence-electron chi connectivity index (χ4n) is 6.35. The van der Waals surface area contributed by atoms with Crippen molar-refractivity contribution in [1.29, 1.82) is 0 Å². The molecule has 0 saturated heterocycles. The number of hydrogen-bond donors (Lipinski definition) is 0. The van der Waals surface area contributed by atoms with Crippen molar-refractivity contribution in [2.75, 3.05) is 13.1 Å². The van der Waals surface area contributed by atoms with Crippen LogP contribution >= 0.6 is 0 Å². The molecule has 1 heterocycles. The van der Waals surface area contributed by atoms with Crippen LogP contribution in [0.1, 0.15) is 207 Å². The standard InChI is InChI=1S/C37H74N2/c1-4-7-10-12-14-16-18-20-21-23-25-27-29-31-34-39-36-35-38(37(39)32-9-6-3)33-30-28-26-24-22-19-17-15-13-11-8-5-2/h35-37H,4-34H2,1-3H3. The average molecular weight is 547 g/mol. The van der Waals surface area contributed by atoms with Gasteiger partial charge in [-0.25, -0.2) is 0 Å². The van der Waals surface area contributed by atoms with Crippen molar-refractivity contribution in [3.8, 4) is 0 Å². The van der Waals surface area contributed by atoms with Crippen molar-refractivity contribution >= 4 is 0 Å². The van der Waals surface area contributed by atoms with Crippen LogP contribution in [0.3, 0.4) is 0 Å². The summed E-state index contributed by atoms with van der Waals surface area (Å²) in [7, 11) is 0. The second-order valence-electron chi connectivity index (χ2n) is 12.9. The predicted octanol–water partition coefficient (Wildman–Crippen LogP) is 12.8. The molecule has 1 rings (SSSR count). The maximum absolute atomic E-state index is 2.68. The lowest BCUT2D eigenvalue weighted by Gasteiger charge is -2.33. The maximum atomic E-state index is 2.68. The molecule has 0 bridgehead atoms. The van der Waals surface area contributed by atoms with Crippen molar-refractivity contribution in [3.63, 3.8) is 0 Å². The Labute approximate surface area is 248 Å². The van der Waals surface area contributed by atoms with Gasteiger partial charge >= 0.3 is 0 Å². The zero-order valence-electron chi connectivity index (χ0n) is 27.5. The van der Waals surface area contributed by atoms with Crippen LogP contribution in [0.2, 0.25) is 0 Å². The lowest BCUT2D eigenvalue weighted by molar-refractivity contribution is 0.136. The summed E-state index contributed by atoms with van der Waals surface area (Å²) >= 11 is 0. The van der Waals surface area contributed by atoms with Gasteiger partial charge in [0.15, 0.2) is 0 Å². The Balaban J connectivity index is 2.01. The second-order valence-corrected chi connectivity index (χ2v) is 12.9. The predicted molar refractivity (Wildman–Crippen MR) is 177 cm³/mol. The number of nitrogens with zero attached hydrogens (tertiary/aromatic N) is 2. The molecule has 0 aromatic heterocycles.